The van der Waals surface area contributed by atoms with Gasteiger partial charge in [0.15, 0.2) is 0 Å². The number of quaternary nitrogens is 1. The van der Waals surface area contributed by atoms with E-state index in [0.29, 0.717) is 17.4 Å². The third kappa shape index (κ3) is 59.9. The molecule has 8 nitrogen and oxygen atoms in total. The zero-order chi connectivity index (χ0) is 55.6. The van der Waals surface area contributed by atoms with Crippen LogP contribution >= 0.6 is 7.82 Å². The minimum atomic E-state index is -4.36. The quantitative estimate of drug-likeness (QED) is 0.0243. The summed E-state index contributed by atoms with van der Waals surface area (Å²) in [6.45, 7) is 4.81. The summed E-state index contributed by atoms with van der Waals surface area (Å²) in [5.41, 5.74) is 0. The number of aliphatic hydroxyl groups is 1. The summed E-state index contributed by atoms with van der Waals surface area (Å²) in [6, 6.07) is -0.864. The van der Waals surface area contributed by atoms with Crippen molar-refractivity contribution < 1.29 is 32.9 Å². The average molecular weight is 1090 g/mol. The van der Waals surface area contributed by atoms with Crippen molar-refractivity contribution in [2.45, 2.75) is 321 Å². The molecule has 76 heavy (non-hydrogen) atoms. The van der Waals surface area contributed by atoms with Crippen LogP contribution in [0.4, 0.5) is 0 Å². The number of hydrogen-bond acceptors (Lipinski definition) is 5. The third-order valence-corrected chi connectivity index (χ3v) is 15.7. The smallest absolute Gasteiger partial charge is 0.387 e. The van der Waals surface area contributed by atoms with Crippen LogP contribution in [0.25, 0.3) is 0 Å². The lowest BCUT2D eigenvalue weighted by Crippen LogP contribution is -2.45. The predicted octanol–water partition coefficient (Wildman–Crippen LogP) is 20.4. The highest BCUT2D eigenvalue weighted by Gasteiger charge is 2.27. The van der Waals surface area contributed by atoms with Crippen molar-refractivity contribution in [3.8, 4) is 0 Å². The maximum absolute atomic E-state index is 13.0. The van der Waals surface area contributed by atoms with E-state index in [1.165, 1.54) is 238 Å². The highest BCUT2D eigenvalue weighted by molar-refractivity contribution is 7.47. The highest BCUT2D eigenvalue weighted by atomic mass is 31.2. The van der Waals surface area contributed by atoms with Gasteiger partial charge in [-0.1, -0.05) is 293 Å². The van der Waals surface area contributed by atoms with Crippen molar-refractivity contribution in [3.05, 3.63) is 60.8 Å². The monoisotopic (exact) mass is 1090 g/mol. The molecule has 0 aromatic rings. The second-order valence-electron chi connectivity index (χ2n) is 23.5. The lowest BCUT2D eigenvalue weighted by atomic mass is 10.0. The maximum Gasteiger partial charge on any atom is 0.472 e. The number of nitrogens with one attached hydrogen (secondary N) is 1. The molecule has 0 fully saturated rings. The van der Waals surface area contributed by atoms with Crippen LogP contribution in [0.15, 0.2) is 60.8 Å². The first-order valence-electron chi connectivity index (χ1n) is 32.7. The topological polar surface area (TPSA) is 105 Å². The number of unbranched alkanes of at least 4 members (excludes halogenated alkanes) is 39. The zero-order valence-corrected chi connectivity index (χ0v) is 51.9. The summed E-state index contributed by atoms with van der Waals surface area (Å²) >= 11 is 0. The molecule has 1 amide bonds. The van der Waals surface area contributed by atoms with Crippen LogP contribution in [0.3, 0.4) is 0 Å². The number of nitrogens with zero attached hydrogens (tertiary/aromatic N) is 1. The van der Waals surface area contributed by atoms with Gasteiger partial charge in [0.05, 0.1) is 39.9 Å². The third-order valence-electron chi connectivity index (χ3n) is 14.7. The van der Waals surface area contributed by atoms with Crippen molar-refractivity contribution in [1.82, 2.24) is 5.32 Å². The van der Waals surface area contributed by atoms with Crippen molar-refractivity contribution in [2.75, 3.05) is 40.9 Å². The van der Waals surface area contributed by atoms with E-state index in [1.54, 1.807) is 6.08 Å². The van der Waals surface area contributed by atoms with Crippen LogP contribution in [-0.2, 0) is 18.4 Å². The van der Waals surface area contributed by atoms with Crippen LogP contribution < -0.4 is 5.32 Å². The average Bonchev–Trinajstić information content (AvgIpc) is 3.38. The fourth-order valence-corrected chi connectivity index (χ4v) is 10.3. The number of carbonyl (C=O) groups is 1. The first kappa shape index (κ1) is 74.2. The fourth-order valence-electron chi connectivity index (χ4n) is 9.60. The minimum Gasteiger partial charge on any atom is -0.387 e. The first-order valence-corrected chi connectivity index (χ1v) is 34.2. The van der Waals surface area contributed by atoms with Gasteiger partial charge in [-0.3, -0.25) is 13.8 Å². The SMILES string of the molecule is CCCCCCC/C=C\C/C=C\C/C=C\CCCCCCCCCCCCCCCCCCCCCCCCC(=O)NC(COP(=O)(O)OCC[N+](C)(C)C)C(O)/C=C/CC/C=C/CCCCCCCCCCCCC. The molecule has 0 aromatic heterocycles. The predicted molar refractivity (Wildman–Crippen MR) is 332 cm³/mol. The van der Waals surface area contributed by atoms with Gasteiger partial charge in [0, 0.05) is 6.42 Å². The van der Waals surface area contributed by atoms with Gasteiger partial charge < -0.3 is 19.8 Å². The Morgan fingerprint density at radius 3 is 1.14 bits per heavy atom. The largest absolute Gasteiger partial charge is 0.472 e. The van der Waals surface area contributed by atoms with E-state index in [-0.39, 0.29) is 19.1 Å². The zero-order valence-electron chi connectivity index (χ0n) is 51.0. The van der Waals surface area contributed by atoms with E-state index in [2.05, 4.69) is 67.8 Å². The lowest BCUT2D eigenvalue weighted by Gasteiger charge is -2.25. The van der Waals surface area contributed by atoms with E-state index in [4.69, 9.17) is 9.05 Å². The molecule has 0 aliphatic carbocycles. The Kier molecular flexibility index (Phi) is 56.5. The molecule has 3 N–H and O–H groups in total. The number of aliphatic hydroxyl groups excluding tert-OH is 1. The second-order valence-corrected chi connectivity index (χ2v) is 24.9. The van der Waals surface area contributed by atoms with E-state index < -0.39 is 20.0 Å². The number of rotatable bonds is 60. The van der Waals surface area contributed by atoms with Crippen molar-refractivity contribution in [1.29, 1.82) is 0 Å². The van der Waals surface area contributed by atoms with Crippen molar-refractivity contribution in [3.63, 3.8) is 0 Å². The van der Waals surface area contributed by atoms with Gasteiger partial charge in [-0.2, -0.15) is 0 Å². The van der Waals surface area contributed by atoms with E-state index >= 15 is 0 Å². The Morgan fingerprint density at radius 1 is 0.447 bits per heavy atom. The van der Waals surface area contributed by atoms with Gasteiger partial charge in [0.2, 0.25) is 5.91 Å². The Morgan fingerprint density at radius 2 is 0.763 bits per heavy atom. The Bertz CT molecular complexity index is 1420. The number of likely N-dealkylation sites (N-methyl/N-ethyl adjacent to an activating group) is 1. The molecule has 3 unspecified atom stereocenters. The summed E-state index contributed by atoms with van der Waals surface area (Å²) in [4.78, 5) is 23.3. The standard InChI is InChI=1S/C67H127N2O6P/c1-6-8-10-12-14-16-18-20-22-24-25-26-27-28-29-30-31-32-33-34-35-36-37-38-39-40-41-42-43-45-47-49-51-53-55-57-59-61-67(71)68-65(64-75-76(72,73)74-63-62-69(3,4)5)66(70)60-58-56-54-52-50-48-46-44-23-21-19-17-15-13-11-9-7-2/h18,20,24-25,27-28,50,52,58,60,65-66,70H,6-17,19,21-23,26,29-49,51,53-57,59,61-64H2,1-5H3,(H-,68,71,72,73)/p+1/b20-18-,25-24-,28-27-,52-50+,60-58+. The molecular weight excluding hydrogens is 960 g/mol. The summed E-state index contributed by atoms with van der Waals surface area (Å²) < 4.78 is 23.7. The fraction of sp³-hybridized carbons (Fsp3) is 0.836. The number of hydrogen-bond donors (Lipinski definition) is 3. The molecule has 0 radical (unpaired) electrons. The second kappa shape index (κ2) is 57.9. The number of phosphoric ester groups is 1. The van der Waals surface area contributed by atoms with Crippen LogP contribution in [0.5, 0.6) is 0 Å². The van der Waals surface area contributed by atoms with Gasteiger partial charge in [-0.05, 0) is 70.6 Å². The van der Waals surface area contributed by atoms with E-state index in [0.717, 1.165) is 51.4 Å². The Balaban J connectivity index is 3.99. The van der Waals surface area contributed by atoms with Gasteiger partial charge >= 0.3 is 7.82 Å². The van der Waals surface area contributed by atoms with Gasteiger partial charge in [0.1, 0.15) is 13.2 Å². The molecule has 446 valence electrons. The molecule has 0 bridgehead atoms. The van der Waals surface area contributed by atoms with Crippen LogP contribution in [0.1, 0.15) is 309 Å². The molecule has 0 spiro atoms. The number of phosphoric acid groups is 1. The highest BCUT2D eigenvalue weighted by Crippen LogP contribution is 2.43. The molecule has 0 saturated heterocycles. The Hall–Kier alpha value is -1.80. The number of allylic oxidation sites excluding steroid dienone is 9. The molecule has 3 atom stereocenters. The number of amides is 1. The van der Waals surface area contributed by atoms with Gasteiger partial charge in [-0.15, -0.1) is 0 Å². The van der Waals surface area contributed by atoms with Crippen LogP contribution in [-0.4, -0.2) is 73.4 Å². The van der Waals surface area contributed by atoms with Crippen LogP contribution in [0.2, 0.25) is 0 Å². The first-order chi connectivity index (χ1) is 37.0. The lowest BCUT2D eigenvalue weighted by molar-refractivity contribution is -0.870. The van der Waals surface area contributed by atoms with Gasteiger partial charge in [-0.25, -0.2) is 4.57 Å². The molecular formula is C67H128N2O6P+. The number of carbonyl (C=O) groups excluding carboxylic acids is 1. The molecule has 0 aliphatic heterocycles. The molecule has 0 rings (SSSR count). The Labute approximate surface area is 472 Å². The summed E-state index contributed by atoms with van der Waals surface area (Å²) in [6.07, 6.45) is 79.3. The van der Waals surface area contributed by atoms with Gasteiger partial charge in [0.25, 0.3) is 0 Å². The van der Waals surface area contributed by atoms with Crippen LogP contribution in [0, 0.1) is 0 Å². The van der Waals surface area contributed by atoms with Crippen molar-refractivity contribution in [2.24, 2.45) is 0 Å². The van der Waals surface area contributed by atoms with E-state index in [9.17, 15) is 19.4 Å². The normalized spacial score (nSPS) is 14.1. The molecule has 0 saturated carbocycles. The molecule has 9 heteroatoms. The maximum atomic E-state index is 13.0. The summed E-state index contributed by atoms with van der Waals surface area (Å²) in [7, 11) is 1.56. The molecule has 0 aromatic carbocycles. The molecule has 0 heterocycles. The van der Waals surface area contributed by atoms with E-state index in [1.807, 2.05) is 27.2 Å². The minimum absolute atomic E-state index is 0.0565. The molecule has 0 aliphatic rings. The summed E-state index contributed by atoms with van der Waals surface area (Å²) in [5.74, 6) is -0.183. The summed E-state index contributed by atoms with van der Waals surface area (Å²) in [5, 5.41) is 13.9. The van der Waals surface area contributed by atoms with Crippen molar-refractivity contribution >= 4 is 13.7 Å².